The van der Waals surface area contributed by atoms with E-state index in [1.807, 2.05) is 0 Å². The Morgan fingerprint density at radius 3 is 2.25 bits per heavy atom. The summed E-state index contributed by atoms with van der Waals surface area (Å²) in [4.78, 5) is 5.10. The lowest BCUT2D eigenvalue weighted by molar-refractivity contribution is 0.249. The zero-order chi connectivity index (χ0) is 16.8. The maximum atomic E-state index is 2.58. The van der Waals surface area contributed by atoms with Crippen LogP contribution in [0.1, 0.15) is 36.5 Å². The van der Waals surface area contributed by atoms with E-state index in [1.54, 1.807) is 0 Å². The average Bonchev–Trinajstić information content (AvgIpc) is 2.63. The molecule has 0 atom stereocenters. The van der Waals surface area contributed by atoms with Crippen LogP contribution in [-0.4, -0.2) is 31.1 Å². The summed E-state index contributed by atoms with van der Waals surface area (Å²) in [6, 6.07) is 18.0. The molecule has 2 nitrogen and oxygen atoms in total. The van der Waals surface area contributed by atoms with E-state index in [0.29, 0.717) is 0 Å². The van der Waals surface area contributed by atoms with Gasteiger partial charge in [-0.3, -0.25) is 4.90 Å². The number of benzene rings is 2. The van der Waals surface area contributed by atoms with Crippen molar-refractivity contribution in [1.29, 1.82) is 0 Å². The van der Waals surface area contributed by atoms with E-state index in [0.717, 1.165) is 32.7 Å². The van der Waals surface area contributed by atoms with E-state index >= 15 is 0 Å². The van der Waals surface area contributed by atoms with Crippen LogP contribution >= 0.6 is 0 Å². The molecule has 0 N–H and O–H groups in total. The topological polar surface area (TPSA) is 6.48 Å². The zero-order valence-electron chi connectivity index (χ0n) is 15.2. The number of hydrogen-bond acceptors (Lipinski definition) is 2. The number of piperazine rings is 1. The first kappa shape index (κ1) is 17.0. The van der Waals surface area contributed by atoms with Crippen LogP contribution in [0.4, 0.5) is 5.69 Å². The summed E-state index contributed by atoms with van der Waals surface area (Å²) in [5.41, 5.74) is 5.72. The molecule has 2 aromatic rings. The second-order valence-electron chi connectivity index (χ2n) is 6.96. The van der Waals surface area contributed by atoms with E-state index in [2.05, 4.69) is 72.2 Å². The summed E-state index contributed by atoms with van der Waals surface area (Å²) < 4.78 is 0. The third kappa shape index (κ3) is 4.39. The van der Waals surface area contributed by atoms with E-state index < -0.39 is 0 Å². The monoisotopic (exact) mass is 322 g/mol. The Hall–Kier alpha value is -1.80. The fourth-order valence-corrected chi connectivity index (χ4v) is 3.45. The maximum Gasteiger partial charge on any atom is 0.0367 e. The van der Waals surface area contributed by atoms with E-state index in [4.69, 9.17) is 0 Å². The Bertz CT molecular complexity index is 625. The van der Waals surface area contributed by atoms with Crippen LogP contribution < -0.4 is 4.90 Å². The molecule has 128 valence electrons. The molecule has 1 aliphatic rings. The lowest BCUT2D eigenvalue weighted by atomic mass is 10.1. The summed E-state index contributed by atoms with van der Waals surface area (Å²) in [6.45, 7) is 10.1. The van der Waals surface area contributed by atoms with Gasteiger partial charge in [0.25, 0.3) is 0 Å². The predicted octanol–water partition coefficient (Wildman–Crippen LogP) is 4.66. The number of anilines is 1. The van der Waals surface area contributed by atoms with Crippen LogP contribution in [0.3, 0.4) is 0 Å². The summed E-state index contributed by atoms with van der Waals surface area (Å²) in [7, 11) is 0. The van der Waals surface area contributed by atoms with Crippen LogP contribution in [-0.2, 0) is 13.0 Å². The highest BCUT2D eigenvalue weighted by molar-refractivity contribution is 5.48. The molecule has 1 heterocycles. The molecule has 0 saturated carbocycles. The Labute approximate surface area is 147 Å². The molecule has 0 radical (unpaired) electrons. The predicted molar refractivity (Wildman–Crippen MR) is 104 cm³/mol. The zero-order valence-corrected chi connectivity index (χ0v) is 15.2. The van der Waals surface area contributed by atoms with Gasteiger partial charge in [0.2, 0.25) is 0 Å². The highest BCUT2D eigenvalue weighted by Gasteiger charge is 2.17. The number of unbranched alkanes of at least 4 members (excludes halogenated alkanes) is 1. The number of hydrogen-bond donors (Lipinski definition) is 0. The van der Waals surface area contributed by atoms with Crippen LogP contribution in [0, 0.1) is 6.92 Å². The van der Waals surface area contributed by atoms with E-state index in [9.17, 15) is 0 Å². The molecule has 2 heteroatoms. The highest BCUT2D eigenvalue weighted by Crippen LogP contribution is 2.19. The number of aryl methyl sites for hydroxylation is 2. The van der Waals surface area contributed by atoms with Gasteiger partial charge in [-0.2, -0.15) is 0 Å². The van der Waals surface area contributed by atoms with Crippen molar-refractivity contribution < 1.29 is 0 Å². The minimum absolute atomic E-state index is 1.08. The first-order valence-corrected chi connectivity index (χ1v) is 9.37. The van der Waals surface area contributed by atoms with Gasteiger partial charge in [0, 0.05) is 38.4 Å². The van der Waals surface area contributed by atoms with Crippen LogP contribution in [0.5, 0.6) is 0 Å². The van der Waals surface area contributed by atoms with Gasteiger partial charge in [-0.25, -0.2) is 0 Å². The Kier molecular flexibility index (Phi) is 5.92. The SMILES string of the molecule is CCCCc1ccc(N2CCN(Cc3ccccc3C)CC2)cc1. The summed E-state index contributed by atoms with van der Waals surface area (Å²) in [6.07, 6.45) is 3.77. The molecule has 0 aliphatic carbocycles. The van der Waals surface area contributed by atoms with Crippen LogP contribution in [0.2, 0.25) is 0 Å². The number of rotatable bonds is 6. The Morgan fingerprint density at radius 2 is 1.58 bits per heavy atom. The molecule has 0 unspecified atom stereocenters. The van der Waals surface area contributed by atoms with E-state index in [-0.39, 0.29) is 0 Å². The standard InChI is InChI=1S/C22H30N2/c1-3-4-8-20-10-12-22(13-11-20)24-16-14-23(15-17-24)18-21-9-6-5-7-19(21)2/h5-7,9-13H,3-4,8,14-18H2,1-2H3. The molecule has 0 aromatic heterocycles. The van der Waals surface area contributed by atoms with Gasteiger partial charge < -0.3 is 4.90 Å². The maximum absolute atomic E-state index is 2.58. The summed E-state index contributed by atoms with van der Waals surface area (Å²) in [5, 5.41) is 0. The van der Waals surface area contributed by atoms with Gasteiger partial charge in [0.05, 0.1) is 0 Å². The third-order valence-corrected chi connectivity index (χ3v) is 5.15. The normalized spacial score (nSPS) is 15.7. The van der Waals surface area contributed by atoms with Crippen molar-refractivity contribution in [3.8, 4) is 0 Å². The largest absolute Gasteiger partial charge is 0.369 e. The van der Waals surface area contributed by atoms with Gasteiger partial charge in [0.15, 0.2) is 0 Å². The Balaban J connectivity index is 1.52. The van der Waals surface area contributed by atoms with Crippen molar-refractivity contribution in [3.05, 3.63) is 65.2 Å². The van der Waals surface area contributed by atoms with E-state index in [1.165, 1.54) is 41.6 Å². The lowest BCUT2D eigenvalue weighted by Gasteiger charge is -2.36. The summed E-state index contributed by atoms with van der Waals surface area (Å²) >= 11 is 0. The second kappa shape index (κ2) is 8.34. The quantitative estimate of drug-likeness (QED) is 0.763. The number of nitrogens with zero attached hydrogens (tertiary/aromatic N) is 2. The van der Waals surface area contributed by atoms with Crippen molar-refractivity contribution in [2.45, 2.75) is 39.7 Å². The molecule has 3 rings (SSSR count). The van der Waals surface area contributed by atoms with Crippen LogP contribution in [0.25, 0.3) is 0 Å². The van der Waals surface area contributed by atoms with Crippen molar-refractivity contribution >= 4 is 5.69 Å². The second-order valence-corrected chi connectivity index (χ2v) is 6.96. The molecule has 1 fully saturated rings. The minimum Gasteiger partial charge on any atom is -0.369 e. The molecule has 24 heavy (non-hydrogen) atoms. The van der Waals surface area contributed by atoms with Gasteiger partial charge in [-0.15, -0.1) is 0 Å². The Morgan fingerprint density at radius 1 is 0.875 bits per heavy atom. The van der Waals surface area contributed by atoms with Crippen molar-refractivity contribution in [2.24, 2.45) is 0 Å². The third-order valence-electron chi connectivity index (χ3n) is 5.15. The lowest BCUT2D eigenvalue weighted by Crippen LogP contribution is -2.46. The fourth-order valence-electron chi connectivity index (χ4n) is 3.45. The minimum atomic E-state index is 1.08. The summed E-state index contributed by atoms with van der Waals surface area (Å²) in [5.74, 6) is 0. The molecule has 1 aliphatic heterocycles. The first-order valence-electron chi connectivity index (χ1n) is 9.37. The van der Waals surface area contributed by atoms with Gasteiger partial charge in [0.1, 0.15) is 0 Å². The highest BCUT2D eigenvalue weighted by atomic mass is 15.3. The van der Waals surface area contributed by atoms with Crippen LogP contribution in [0.15, 0.2) is 48.5 Å². The molecule has 0 amide bonds. The smallest absolute Gasteiger partial charge is 0.0367 e. The molecule has 2 aromatic carbocycles. The molecular formula is C22H30N2. The average molecular weight is 322 g/mol. The van der Waals surface area contributed by atoms with Gasteiger partial charge in [-0.1, -0.05) is 49.7 Å². The fraction of sp³-hybridized carbons (Fsp3) is 0.455. The molecule has 0 spiro atoms. The van der Waals surface area contributed by atoms with Crippen molar-refractivity contribution in [2.75, 3.05) is 31.1 Å². The first-order chi connectivity index (χ1) is 11.8. The van der Waals surface area contributed by atoms with Crippen molar-refractivity contribution in [1.82, 2.24) is 4.90 Å². The molecule has 0 bridgehead atoms. The molecule has 1 saturated heterocycles. The van der Waals surface area contributed by atoms with Gasteiger partial charge in [-0.05, 0) is 48.6 Å². The van der Waals surface area contributed by atoms with Crippen molar-refractivity contribution in [3.63, 3.8) is 0 Å². The molecular weight excluding hydrogens is 292 g/mol. The van der Waals surface area contributed by atoms with Gasteiger partial charge >= 0.3 is 0 Å².